The van der Waals surface area contributed by atoms with Crippen molar-refractivity contribution in [2.45, 2.75) is 6.54 Å². The third kappa shape index (κ3) is 2.19. The zero-order valence-electron chi connectivity index (χ0n) is 7.57. The molecule has 0 radical (unpaired) electrons. The SMILES string of the molecule is COC(=O)Nc1nn(C)cc1CN. The number of amides is 1. The Morgan fingerprint density at radius 1 is 1.85 bits per heavy atom. The van der Waals surface area contributed by atoms with Gasteiger partial charge in [0.2, 0.25) is 0 Å². The monoisotopic (exact) mass is 184 g/mol. The third-order valence-corrected chi connectivity index (χ3v) is 1.53. The van der Waals surface area contributed by atoms with Crippen molar-refractivity contribution in [2.75, 3.05) is 12.4 Å². The van der Waals surface area contributed by atoms with Gasteiger partial charge in [-0.15, -0.1) is 0 Å². The number of nitrogens with two attached hydrogens (primary N) is 1. The molecule has 3 N–H and O–H groups in total. The quantitative estimate of drug-likeness (QED) is 0.680. The summed E-state index contributed by atoms with van der Waals surface area (Å²) in [6.07, 6.45) is 1.19. The Morgan fingerprint density at radius 2 is 2.54 bits per heavy atom. The number of aryl methyl sites for hydroxylation is 1. The lowest BCUT2D eigenvalue weighted by Gasteiger charge is -2.00. The van der Waals surface area contributed by atoms with E-state index in [0.717, 1.165) is 5.56 Å². The van der Waals surface area contributed by atoms with E-state index >= 15 is 0 Å². The second kappa shape index (κ2) is 3.90. The van der Waals surface area contributed by atoms with Gasteiger partial charge in [0.1, 0.15) is 0 Å². The summed E-state index contributed by atoms with van der Waals surface area (Å²) in [7, 11) is 3.04. The van der Waals surface area contributed by atoms with Crippen LogP contribution in [0.3, 0.4) is 0 Å². The molecule has 72 valence electrons. The Hall–Kier alpha value is -1.56. The van der Waals surface area contributed by atoms with Crippen molar-refractivity contribution < 1.29 is 9.53 Å². The second-order valence-corrected chi connectivity index (χ2v) is 2.50. The highest BCUT2D eigenvalue weighted by atomic mass is 16.5. The summed E-state index contributed by atoms with van der Waals surface area (Å²) in [6.45, 7) is 0.327. The van der Waals surface area contributed by atoms with Crippen molar-refractivity contribution in [3.8, 4) is 0 Å². The molecule has 0 unspecified atom stereocenters. The Bertz CT molecular complexity index is 307. The lowest BCUT2D eigenvalue weighted by molar-refractivity contribution is 0.186. The summed E-state index contributed by atoms with van der Waals surface area (Å²) >= 11 is 0. The number of aromatic nitrogens is 2. The van der Waals surface area contributed by atoms with Crippen LogP contribution < -0.4 is 11.1 Å². The molecular formula is C7H12N4O2. The summed E-state index contributed by atoms with van der Waals surface area (Å²) in [4.78, 5) is 10.8. The first-order valence-electron chi connectivity index (χ1n) is 3.75. The van der Waals surface area contributed by atoms with Gasteiger partial charge in [-0.25, -0.2) is 4.79 Å². The van der Waals surface area contributed by atoms with Gasteiger partial charge in [-0.1, -0.05) is 0 Å². The zero-order chi connectivity index (χ0) is 9.84. The van der Waals surface area contributed by atoms with Crippen LogP contribution in [0.25, 0.3) is 0 Å². The molecule has 1 amide bonds. The number of carbonyl (C=O) groups is 1. The van der Waals surface area contributed by atoms with E-state index in [2.05, 4.69) is 15.2 Å². The van der Waals surface area contributed by atoms with Crippen molar-refractivity contribution >= 4 is 11.9 Å². The fourth-order valence-electron chi connectivity index (χ4n) is 0.940. The van der Waals surface area contributed by atoms with Crippen molar-refractivity contribution in [1.29, 1.82) is 0 Å². The smallest absolute Gasteiger partial charge is 0.412 e. The largest absolute Gasteiger partial charge is 0.453 e. The molecule has 0 atom stereocenters. The average Bonchev–Trinajstić information content (AvgIpc) is 2.46. The molecule has 0 fully saturated rings. The Labute approximate surface area is 75.7 Å². The molecule has 0 saturated heterocycles. The molecule has 0 bridgehead atoms. The zero-order valence-corrected chi connectivity index (χ0v) is 7.57. The van der Waals surface area contributed by atoms with Crippen LogP contribution in [0.15, 0.2) is 6.20 Å². The molecule has 0 aliphatic carbocycles. The summed E-state index contributed by atoms with van der Waals surface area (Å²) in [6, 6.07) is 0. The molecule has 0 aliphatic rings. The predicted octanol–water partition coefficient (Wildman–Crippen LogP) is 0.0571. The van der Waals surface area contributed by atoms with Crippen LogP contribution in [-0.2, 0) is 18.3 Å². The molecule has 1 aromatic heterocycles. The summed E-state index contributed by atoms with van der Waals surface area (Å²) in [5, 5.41) is 6.45. The summed E-state index contributed by atoms with van der Waals surface area (Å²) in [5.74, 6) is 0.442. The summed E-state index contributed by atoms with van der Waals surface area (Å²) in [5.41, 5.74) is 6.21. The van der Waals surface area contributed by atoms with Crippen molar-refractivity contribution in [3.05, 3.63) is 11.8 Å². The summed E-state index contributed by atoms with van der Waals surface area (Å²) < 4.78 is 6.00. The molecule has 0 spiro atoms. The van der Waals surface area contributed by atoms with E-state index < -0.39 is 6.09 Å². The molecule has 0 saturated carbocycles. The lowest BCUT2D eigenvalue weighted by Crippen LogP contribution is -2.13. The number of anilines is 1. The van der Waals surface area contributed by atoms with E-state index in [-0.39, 0.29) is 0 Å². The topological polar surface area (TPSA) is 82.2 Å². The number of nitrogens with zero attached hydrogens (tertiary/aromatic N) is 2. The Balaban J connectivity index is 2.80. The van der Waals surface area contributed by atoms with Gasteiger partial charge in [0.15, 0.2) is 5.82 Å². The molecule has 13 heavy (non-hydrogen) atoms. The molecule has 0 aliphatic heterocycles. The number of hydrogen-bond donors (Lipinski definition) is 2. The van der Waals surface area contributed by atoms with Crippen LogP contribution in [0.1, 0.15) is 5.56 Å². The van der Waals surface area contributed by atoms with Crippen molar-refractivity contribution in [1.82, 2.24) is 9.78 Å². The molecule has 1 heterocycles. The molecule has 1 rings (SSSR count). The van der Waals surface area contributed by atoms with Crippen molar-refractivity contribution in [3.63, 3.8) is 0 Å². The third-order valence-electron chi connectivity index (χ3n) is 1.53. The Morgan fingerprint density at radius 3 is 3.08 bits per heavy atom. The van der Waals surface area contributed by atoms with Crippen LogP contribution in [0, 0.1) is 0 Å². The number of hydrogen-bond acceptors (Lipinski definition) is 4. The highest BCUT2D eigenvalue weighted by Gasteiger charge is 2.08. The van der Waals surface area contributed by atoms with E-state index in [9.17, 15) is 4.79 Å². The van der Waals surface area contributed by atoms with Gasteiger partial charge in [0.25, 0.3) is 0 Å². The first-order chi connectivity index (χ1) is 6.17. The number of methoxy groups -OCH3 is 1. The maximum atomic E-state index is 10.8. The molecule has 6 nitrogen and oxygen atoms in total. The normalized spacial score (nSPS) is 9.77. The van der Waals surface area contributed by atoms with Gasteiger partial charge in [-0.3, -0.25) is 10.00 Å². The number of carbonyl (C=O) groups excluding carboxylic acids is 1. The van der Waals surface area contributed by atoms with Crippen LogP contribution in [0.4, 0.5) is 10.6 Å². The minimum absolute atomic E-state index is 0.327. The maximum absolute atomic E-state index is 10.8. The molecule has 0 aromatic carbocycles. The molecular weight excluding hydrogens is 172 g/mol. The standard InChI is InChI=1S/C7H12N4O2/c1-11-4-5(3-8)6(10-11)9-7(12)13-2/h4H,3,8H2,1-2H3,(H,9,10,12). The fraction of sp³-hybridized carbons (Fsp3) is 0.429. The van der Waals surface area contributed by atoms with Gasteiger partial charge in [0.05, 0.1) is 7.11 Å². The predicted molar refractivity (Wildman–Crippen MR) is 47.1 cm³/mol. The van der Waals surface area contributed by atoms with Gasteiger partial charge in [-0.05, 0) is 0 Å². The van der Waals surface area contributed by atoms with E-state index in [1.807, 2.05) is 0 Å². The van der Waals surface area contributed by atoms with E-state index in [1.165, 1.54) is 7.11 Å². The fourth-order valence-corrected chi connectivity index (χ4v) is 0.940. The molecule has 6 heteroatoms. The molecule has 1 aromatic rings. The number of ether oxygens (including phenoxy) is 1. The van der Waals surface area contributed by atoms with Crippen molar-refractivity contribution in [2.24, 2.45) is 12.8 Å². The van der Waals surface area contributed by atoms with E-state index in [1.54, 1.807) is 17.9 Å². The van der Waals surface area contributed by atoms with Gasteiger partial charge in [-0.2, -0.15) is 5.10 Å². The first kappa shape index (κ1) is 9.53. The van der Waals surface area contributed by atoms with Gasteiger partial charge < -0.3 is 10.5 Å². The second-order valence-electron chi connectivity index (χ2n) is 2.50. The average molecular weight is 184 g/mol. The van der Waals surface area contributed by atoms with Crippen LogP contribution >= 0.6 is 0 Å². The minimum Gasteiger partial charge on any atom is -0.453 e. The van der Waals surface area contributed by atoms with E-state index in [0.29, 0.717) is 12.4 Å². The van der Waals surface area contributed by atoms with Crippen LogP contribution in [0.5, 0.6) is 0 Å². The maximum Gasteiger partial charge on any atom is 0.412 e. The number of rotatable bonds is 2. The minimum atomic E-state index is -0.548. The lowest BCUT2D eigenvalue weighted by atomic mass is 10.3. The highest BCUT2D eigenvalue weighted by Crippen LogP contribution is 2.11. The highest BCUT2D eigenvalue weighted by molar-refractivity contribution is 5.84. The van der Waals surface area contributed by atoms with Crippen LogP contribution in [-0.4, -0.2) is 23.0 Å². The van der Waals surface area contributed by atoms with Gasteiger partial charge in [0, 0.05) is 25.4 Å². The first-order valence-corrected chi connectivity index (χ1v) is 3.75. The number of nitrogens with one attached hydrogen (secondary N) is 1. The van der Waals surface area contributed by atoms with Gasteiger partial charge >= 0.3 is 6.09 Å². The van der Waals surface area contributed by atoms with E-state index in [4.69, 9.17) is 5.73 Å². The van der Waals surface area contributed by atoms with Crippen LogP contribution in [0.2, 0.25) is 0 Å². The Kier molecular flexibility index (Phi) is 2.86.